The summed E-state index contributed by atoms with van der Waals surface area (Å²) in [6.07, 6.45) is 0. The van der Waals surface area contributed by atoms with Gasteiger partial charge >= 0.3 is 0 Å². The van der Waals surface area contributed by atoms with Crippen molar-refractivity contribution in [3.05, 3.63) is 200 Å². The fraction of sp³-hybridized carbons (Fsp3) is 0. The van der Waals surface area contributed by atoms with E-state index in [0.29, 0.717) is 17.5 Å². The first-order chi connectivity index (χ1) is 28.7. The quantitative estimate of drug-likeness (QED) is 0.165. The summed E-state index contributed by atoms with van der Waals surface area (Å²) in [7, 11) is 0. The summed E-state index contributed by atoms with van der Waals surface area (Å²) in [5.41, 5.74) is 7.38. The van der Waals surface area contributed by atoms with E-state index in [0.717, 1.165) is 27.8 Å². The van der Waals surface area contributed by atoms with Gasteiger partial charge in [-0.15, -0.1) is 0 Å². The van der Waals surface area contributed by atoms with E-state index in [1.165, 1.54) is 75.8 Å². The third-order valence-electron chi connectivity index (χ3n) is 11.8. The van der Waals surface area contributed by atoms with Gasteiger partial charge in [0.1, 0.15) is 0 Å². The lowest BCUT2D eigenvalue weighted by molar-refractivity contribution is 1.07. The van der Waals surface area contributed by atoms with Gasteiger partial charge in [0.2, 0.25) is 0 Å². The van der Waals surface area contributed by atoms with Crippen molar-refractivity contribution >= 4 is 64.6 Å². The summed E-state index contributed by atoms with van der Waals surface area (Å²) < 4.78 is 0. The highest BCUT2D eigenvalue weighted by Gasteiger charge is 2.18. The van der Waals surface area contributed by atoms with Crippen LogP contribution in [0.3, 0.4) is 0 Å². The van der Waals surface area contributed by atoms with Gasteiger partial charge in [-0.1, -0.05) is 188 Å². The van der Waals surface area contributed by atoms with Crippen LogP contribution in [0.2, 0.25) is 0 Å². The monoisotopic (exact) mass is 735 g/mol. The summed E-state index contributed by atoms with van der Waals surface area (Å²) in [5.74, 6) is 1.94. The Bertz CT molecular complexity index is 3480. The molecule has 0 aliphatic heterocycles. The number of hydrogen-bond acceptors (Lipinski definition) is 3. The molecule has 0 aliphatic rings. The molecule has 0 atom stereocenters. The normalized spacial score (nSPS) is 11.8. The van der Waals surface area contributed by atoms with Crippen molar-refractivity contribution in [3.63, 3.8) is 0 Å². The smallest absolute Gasteiger partial charge is 0.164 e. The van der Waals surface area contributed by atoms with Crippen LogP contribution in [0.1, 0.15) is 0 Å². The highest BCUT2D eigenvalue weighted by molar-refractivity contribution is 6.37. The molecular formula is C55H33N3. The molecule has 0 aliphatic carbocycles. The van der Waals surface area contributed by atoms with E-state index in [1.807, 2.05) is 60.7 Å². The van der Waals surface area contributed by atoms with Gasteiger partial charge in [0.05, 0.1) is 0 Å². The minimum Gasteiger partial charge on any atom is -0.208 e. The molecule has 3 heteroatoms. The summed E-state index contributed by atoms with van der Waals surface area (Å²) in [6, 6.07) is 71.9. The van der Waals surface area contributed by atoms with E-state index in [4.69, 9.17) is 15.0 Å². The minimum absolute atomic E-state index is 0.644. The van der Waals surface area contributed by atoms with Crippen LogP contribution < -0.4 is 0 Å². The average Bonchev–Trinajstić information content (AvgIpc) is 3.30. The zero-order chi connectivity index (χ0) is 38.2. The van der Waals surface area contributed by atoms with E-state index >= 15 is 0 Å². The second-order valence-corrected chi connectivity index (χ2v) is 15.1. The number of benzene rings is 10. The number of nitrogens with zero attached hydrogens (tertiary/aromatic N) is 3. The topological polar surface area (TPSA) is 38.7 Å². The molecule has 0 spiro atoms. The van der Waals surface area contributed by atoms with Gasteiger partial charge in [-0.2, -0.15) is 0 Å². The van der Waals surface area contributed by atoms with Crippen LogP contribution in [0.5, 0.6) is 0 Å². The van der Waals surface area contributed by atoms with Gasteiger partial charge in [0, 0.05) is 16.7 Å². The first-order valence-electron chi connectivity index (χ1n) is 19.8. The summed E-state index contributed by atoms with van der Waals surface area (Å²) in [5, 5.41) is 15.4. The third kappa shape index (κ3) is 5.11. The zero-order valence-corrected chi connectivity index (χ0v) is 31.4. The van der Waals surface area contributed by atoms with Gasteiger partial charge < -0.3 is 0 Å². The van der Waals surface area contributed by atoms with Crippen molar-refractivity contribution in [1.82, 2.24) is 15.0 Å². The molecule has 0 fully saturated rings. The van der Waals surface area contributed by atoms with Gasteiger partial charge in [0.25, 0.3) is 0 Å². The first kappa shape index (κ1) is 32.5. The second kappa shape index (κ2) is 12.9. The molecule has 0 amide bonds. The molecule has 11 aromatic carbocycles. The highest BCUT2D eigenvalue weighted by Crippen LogP contribution is 2.44. The van der Waals surface area contributed by atoms with Gasteiger partial charge in [-0.3, -0.25) is 0 Å². The van der Waals surface area contributed by atoms with Crippen molar-refractivity contribution in [2.24, 2.45) is 0 Å². The van der Waals surface area contributed by atoms with Gasteiger partial charge in [0.15, 0.2) is 17.5 Å². The molecular weight excluding hydrogens is 703 g/mol. The van der Waals surface area contributed by atoms with Crippen LogP contribution >= 0.6 is 0 Å². The molecule has 12 rings (SSSR count). The Morgan fingerprint density at radius 1 is 0.224 bits per heavy atom. The summed E-state index contributed by atoms with van der Waals surface area (Å²) >= 11 is 0. The summed E-state index contributed by atoms with van der Waals surface area (Å²) in [6.45, 7) is 0. The molecule has 0 radical (unpaired) electrons. The second-order valence-electron chi connectivity index (χ2n) is 15.1. The fourth-order valence-corrected chi connectivity index (χ4v) is 9.15. The Morgan fingerprint density at radius 3 is 1.21 bits per heavy atom. The van der Waals surface area contributed by atoms with Crippen LogP contribution in [0.15, 0.2) is 200 Å². The van der Waals surface area contributed by atoms with Crippen LogP contribution in [-0.2, 0) is 0 Å². The van der Waals surface area contributed by atoms with Crippen LogP contribution in [-0.4, -0.2) is 15.0 Å². The Balaban J connectivity index is 1.04. The molecule has 0 unspecified atom stereocenters. The number of fused-ring (bicyclic) bond motifs is 2. The summed E-state index contributed by atoms with van der Waals surface area (Å²) in [4.78, 5) is 15.0. The van der Waals surface area contributed by atoms with E-state index in [2.05, 4.69) is 140 Å². The zero-order valence-electron chi connectivity index (χ0n) is 31.4. The predicted octanol–water partition coefficient (Wildman–Crippen LogP) is 14.6. The van der Waals surface area contributed by atoms with E-state index in [1.54, 1.807) is 0 Å². The van der Waals surface area contributed by atoms with Crippen LogP contribution in [0.4, 0.5) is 0 Å². The SMILES string of the molecule is c1ccc(-c2nc(-c3ccccc3)nc(-c3ccccc3-c3ccc(-c4cc5ccc6cccc7c8cccc9ccc%10cccc(c(c4)c5c67)c%10c98)cc3)n2)cc1. The lowest BCUT2D eigenvalue weighted by atomic mass is 9.86. The number of rotatable bonds is 5. The van der Waals surface area contributed by atoms with Gasteiger partial charge in [-0.25, -0.2) is 15.0 Å². The highest BCUT2D eigenvalue weighted by atomic mass is 15.0. The number of aromatic nitrogens is 3. The molecule has 1 heterocycles. The fourth-order valence-electron chi connectivity index (χ4n) is 9.15. The predicted molar refractivity (Wildman–Crippen MR) is 243 cm³/mol. The standard InChI is InChI=1S/C55H33N3/c1-3-12-39(13-4-1)53-56-54(40-14-5-2-6-15-40)58-55(57-53)47-20-8-7-19-43(47)35-26-24-34(25-27-35)42-32-41-31-30-38-17-10-22-45-44-21-9-16-36-28-29-37-18-11-23-46(51(37)49(36)44)48(33-42)52(41)50(38)45/h1-33H. The molecule has 58 heavy (non-hydrogen) atoms. The maximum Gasteiger partial charge on any atom is 0.164 e. The third-order valence-corrected chi connectivity index (χ3v) is 11.8. The Kier molecular flexibility index (Phi) is 7.23. The minimum atomic E-state index is 0.644. The van der Waals surface area contributed by atoms with Crippen LogP contribution in [0.25, 0.3) is 121 Å². The molecule has 1 aromatic heterocycles. The Morgan fingerprint density at radius 2 is 0.655 bits per heavy atom. The molecule has 0 bridgehead atoms. The molecule has 12 aromatic rings. The first-order valence-corrected chi connectivity index (χ1v) is 19.8. The molecule has 0 N–H and O–H groups in total. The van der Waals surface area contributed by atoms with Crippen molar-refractivity contribution < 1.29 is 0 Å². The van der Waals surface area contributed by atoms with Crippen molar-refractivity contribution in [3.8, 4) is 56.4 Å². The van der Waals surface area contributed by atoms with Crippen molar-refractivity contribution in [1.29, 1.82) is 0 Å². The molecule has 3 nitrogen and oxygen atoms in total. The molecule has 0 saturated carbocycles. The lowest BCUT2D eigenvalue weighted by Gasteiger charge is -2.17. The van der Waals surface area contributed by atoms with E-state index in [9.17, 15) is 0 Å². The van der Waals surface area contributed by atoms with E-state index < -0.39 is 0 Å². The van der Waals surface area contributed by atoms with Crippen LogP contribution in [0, 0.1) is 0 Å². The van der Waals surface area contributed by atoms with Crippen molar-refractivity contribution in [2.75, 3.05) is 0 Å². The average molecular weight is 736 g/mol. The van der Waals surface area contributed by atoms with Gasteiger partial charge in [-0.05, 0) is 99.0 Å². The maximum absolute atomic E-state index is 5.06. The number of hydrogen-bond donors (Lipinski definition) is 0. The lowest BCUT2D eigenvalue weighted by Crippen LogP contribution is -2.01. The Hall–Kier alpha value is -7.75. The Labute approximate surface area is 334 Å². The molecule has 268 valence electrons. The van der Waals surface area contributed by atoms with E-state index in [-0.39, 0.29) is 0 Å². The molecule has 0 saturated heterocycles. The largest absolute Gasteiger partial charge is 0.208 e. The maximum atomic E-state index is 5.06. The van der Waals surface area contributed by atoms with Crippen molar-refractivity contribution in [2.45, 2.75) is 0 Å².